The van der Waals surface area contributed by atoms with Crippen LogP contribution < -0.4 is 0 Å². The fraction of sp³-hybridized carbons (Fsp3) is 0.238. The highest BCUT2D eigenvalue weighted by molar-refractivity contribution is 5.96. The molecule has 7 heteroatoms. The molecular weight excluding hydrogens is 352 g/mol. The van der Waals surface area contributed by atoms with E-state index in [4.69, 9.17) is 0 Å². The Bertz CT molecular complexity index is 1110. The van der Waals surface area contributed by atoms with Crippen LogP contribution in [-0.2, 0) is 13.6 Å². The Kier molecular flexibility index (Phi) is 4.65. The van der Waals surface area contributed by atoms with Crippen LogP contribution in [0.3, 0.4) is 0 Å². The quantitative estimate of drug-likeness (QED) is 0.538. The Morgan fingerprint density at radius 2 is 1.93 bits per heavy atom. The lowest BCUT2D eigenvalue weighted by Gasteiger charge is -2.26. The number of carbonyl (C=O) groups is 1. The number of amides is 1. The van der Waals surface area contributed by atoms with Crippen LogP contribution in [-0.4, -0.2) is 41.2 Å². The van der Waals surface area contributed by atoms with Crippen LogP contribution in [0.25, 0.3) is 16.9 Å². The fourth-order valence-corrected chi connectivity index (χ4v) is 3.20. The van der Waals surface area contributed by atoms with Gasteiger partial charge in [0.05, 0.1) is 11.8 Å². The lowest BCUT2D eigenvalue weighted by molar-refractivity contribution is 0.0690. The number of nitrogens with zero attached hydrogens (tertiary/aromatic N) is 6. The fourth-order valence-electron chi connectivity index (χ4n) is 3.20. The zero-order valence-electron chi connectivity index (χ0n) is 16.1. The summed E-state index contributed by atoms with van der Waals surface area (Å²) in [5, 5.41) is 4.19. The van der Waals surface area contributed by atoms with Crippen molar-refractivity contribution in [3.63, 3.8) is 0 Å². The van der Waals surface area contributed by atoms with Crippen LogP contribution in [0, 0.1) is 0 Å². The van der Waals surface area contributed by atoms with Crippen molar-refractivity contribution in [1.82, 2.24) is 29.2 Å². The van der Waals surface area contributed by atoms with Crippen LogP contribution in [0.5, 0.6) is 0 Å². The Morgan fingerprint density at radius 1 is 1.14 bits per heavy atom. The normalized spacial score (nSPS) is 11.3. The van der Waals surface area contributed by atoms with Crippen LogP contribution in [0.1, 0.15) is 29.8 Å². The Hall–Kier alpha value is -3.48. The van der Waals surface area contributed by atoms with Crippen molar-refractivity contribution in [2.45, 2.75) is 26.4 Å². The largest absolute Gasteiger partial charge is 0.332 e. The average molecular weight is 374 g/mol. The van der Waals surface area contributed by atoms with E-state index in [1.165, 1.54) is 0 Å². The van der Waals surface area contributed by atoms with Crippen molar-refractivity contribution in [3.8, 4) is 5.69 Å². The second-order valence-electron chi connectivity index (χ2n) is 7.07. The molecule has 0 spiro atoms. The number of aryl methyl sites for hydroxylation is 1. The van der Waals surface area contributed by atoms with E-state index in [0.717, 1.165) is 16.9 Å². The van der Waals surface area contributed by atoms with Crippen LogP contribution in [0.4, 0.5) is 0 Å². The van der Waals surface area contributed by atoms with Crippen molar-refractivity contribution in [2.75, 3.05) is 0 Å². The number of aromatic nitrogens is 5. The molecule has 0 aliphatic heterocycles. The van der Waals surface area contributed by atoms with Gasteiger partial charge in [0.1, 0.15) is 11.8 Å². The van der Waals surface area contributed by atoms with Gasteiger partial charge in [0, 0.05) is 43.3 Å². The molecule has 0 aliphatic rings. The van der Waals surface area contributed by atoms with E-state index in [0.29, 0.717) is 17.6 Å². The first-order valence-corrected chi connectivity index (χ1v) is 9.20. The monoisotopic (exact) mass is 374 g/mol. The van der Waals surface area contributed by atoms with Crippen molar-refractivity contribution in [3.05, 3.63) is 72.4 Å². The number of hydrogen-bond acceptors (Lipinski definition) is 4. The van der Waals surface area contributed by atoms with Gasteiger partial charge in [-0.05, 0) is 32.0 Å². The highest BCUT2D eigenvalue weighted by Gasteiger charge is 2.21. The summed E-state index contributed by atoms with van der Waals surface area (Å²) in [6.45, 7) is 4.51. The first-order valence-electron chi connectivity index (χ1n) is 9.20. The van der Waals surface area contributed by atoms with E-state index in [1.54, 1.807) is 23.4 Å². The molecule has 142 valence electrons. The number of para-hydroxylation sites is 1. The zero-order valence-corrected chi connectivity index (χ0v) is 16.1. The van der Waals surface area contributed by atoms with E-state index in [1.807, 2.05) is 73.0 Å². The molecule has 4 aromatic rings. The molecule has 0 radical (unpaired) electrons. The molecule has 0 saturated carbocycles. The zero-order chi connectivity index (χ0) is 19.7. The summed E-state index contributed by atoms with van der Waals surface area (Å²) in [6, 6.07) is 11.8. The molecular formula is C21H22N6O. The van der Waals surface area contributed by atoms with Gasteiger partial charge < -0.3 is 4.90 Å². The summed E-state index contributed by atoms with van der Waals surface area (Å²) in [4.78, 5) is 23.9. The van der Waals surface area contributed by atoms with Crippen LogP contribution >= 0.6 is 0 Å². The summed E-state index contributed by atoms with van der Waals surface area (Å²) in [7, 11) is 1.87. The van der Waals surface area contributed by atoms with Gasteiger partial charge in [0.15, 0.2) is 5.65 Å². The van der Waals surface area contributed by atoms with E-state index in [2.05, 4.69) is 15.1 Å². The Balaban J connectivity index is 1.65. The van der Waals surface area contributed by atoms with E-state index in [9.17, 15) is 4.79 Å². The molecule has 0 fully saturated rings. The third-order valence-electron chi connectivity index (χ3n) is 4.66. The van der Waals surface area contributed by atoms with E-state index >= 15 is 0 Å². The summed E-state index contributed by atoms with van der Waals surface area (Å²) in [5.74, 6) is -0.0671. The molecule has 1 aromatic carbocycles. The topological polar surface area (TPSA) is 68.8 Å². The van der Waals surface area contributed by atoms with Crippen molar-refractivity contribution in [2.24, 2.45) is 7.05 Å². The molecule has 28 heavy (non-hydrogen) atoms. The second-order valence-corrected chi connectivity index (χ2v) is 7.07. The summed E-state index contributed by atoms with van der Waals surface area (Å²) in [6.07, 6.45) is 7.07. The lowest BCUT2D eigenvalue weighted by Crippen LogP contribution is -2.36. The SMILES string of the molecule is CC(C)N(Cc1cnn(C)c1)C(=O)c1cnc2c(c1)ncn2-c1ccccc1. The molecule has 0 bridgehead atoms. The molecule has 0 atom stereocenters. The molecule has 0 N–H and O–H groups in total. The maximum atomic E-state index is 13.1. The molecule has 1 amide bonds. The minimum absolute atomic E-state index is 0.0466. The molecule has 3 aromatic heterocycles. The molecule has 4 rings (SSSR count). The van der Waals surface area contributed by atoms with Gasteiger partial charge in [-0.25, -0.2) is 9.97 Å². The summed E-state index contributed by atoms with van der Waals surface area (Å²) >= 11 is 0. The third kappa shape index (κ3) is 3.38. The molecule has 3 heterocycles. The highest BCUT2D eigenvalue weighted by atomic mass is 16.2. The summed E-state index contributed by atoms with van der Waals surface area (Å²) < 4.78 is 3.65. The van der Waals surface area contributed by atoms with Crippen LogP contribution in [0.15, 0.2) is 61.3 Å². The Morgan fingerprint density at radius 3 is 2.61 bits per heavy atom. The molecule has 0 saturated heterocycles. The van der Waals surface area contributed by atoms with Gasteiger partial charge in [-0.1, -0.05) is 18.2 Å². The van der Waals surface area contributed by atoms with Gasteiger partial charge in [0.25, 0.3) is 5.91 Å². The molecule has 7 nitrogen and oxygen atoms in total. The van der Waals surface area contributed by atoms with Crippen LogP contribution in [0.2, 0.25) is 0 Å². The number of carbonyl (C=O) groups excluding carboxylic acids is 1. The predicted octanol–water partition coefficient (Wildman–Crippen LogP) is 3.20. The van der Waals surface area contributed by atoms with Gasteiger partial charge in [-0.15, -0.1) is 0 Å². The first kappa shape index (κ1) is 17.9. The number of fused-ring (bicyclic) bond motifs is 1. The second kappa shape index (κ2) is 7.26. The minimum Gasteiger partial charge on any atom is -0.332 e. The Labute approximate surface area is 163 Å². The van der Waals surface area contributed by atoms with Gasteiger partial charge in [-0.3, -0.25) is 14.0 Å². The minimum atomic E-state index is -0.0671. The standard InChI is InChI=1S/C21H22N6O/c1-15(2)26(13-16-10-24-25(3)12-16)21(28)17-9-19-20(22-11-17)27(14-23-19)18-7-5-4-6-8-18/h4-12,14-15H,13H2,1-3H3. The maximum absolute atomic E-state index is 13.1. The maximum Gasteiger partial charge on any atom is 0.256 e. The molecule has 0 unspecified atom stereocenters. The van der Waals surface area contributed by atoms with Gasteiger partial charge in [-0.2, -0.15) is 5.10 Å². The third-order valence-corrected chi connectivity index (χ3v) is 4.66. The van der Waals surface area contributed by atoms with E-state index in [-0.39, 0.29) is 11.9 Å². The first-order chi connectivity index (χ1) is 13.5. The number of benzene rings is 1. The highest BCUT2D eigenvalue weighted by Crippen LogP contribution is 2.19. The van der Waals surface area contributed by atoms with Crippen molar-refractivity contribution >= 4 is 17.1 Å². The lowest BCUT2D eigenvalue weighted by atomic mass is 10.2. The van der Waals surface area contributed by atoms with E-state index < -0.39 is 0 Å². The number of imidazole rings is 1. The van der Waals surface area contributed by atoms with Gasteiger partial charge >= 0.3 is 0 Å². The van der Waals surface area contributed by atoms with Crippen molar-refractivity contribution < 1.29 is 4.79 Å². The van der Waals surface area contributed by atoms with Crippen molar-refractivity contribution in [1.29, 1.82) is 0 Å². The summed E-state index contributed by atoms with van der Waals surface area (Å²) in [5.41, 5.74) is 3.93. The molecule has 0 aliphatic carbocycles. The number of pyridine rings is 1. The smallest absolute Gasteiger partial charge is 0.256 e. The number of hydrogen-bond donors (Lipinski definition) is 0. The van der Waals surface area contributed by atoms with Gasteiger partial charge in [0.2, 0.25) is 0 Å². The average Bonchev–Trinajstić information content (AvgIpc) is 3.31. The number of rotatable bonds is 5. The predicted molar refractivity (Wildman–Crippen MR) is 107 cm³/mol.